The number of aryl methyl sites for hydroxylation is 1. The Balaban J connectivity index is 1.57. The molecule has 1 unspecified atom stereocenters. The van der Waals surface area contributed by atoms with E-state index < -0.39 is 0 Å². The fourth-order valence-electron chi connectivity index (χ4n) is 3.46. The zero-order valence-electron chi connectivity index (χ0n) is 17.5. The van der Waals surface area contributed by atoms with Gasteiger partial charge >= 0.3 is 0 Å². The Morgan fingerprint density at radius 1 is 1.07 bits per heavy atom. The molecule has 2 aromatic rings. The Morgan fingerprint density at radius 2 is 1.76 bits per heavy atom. The molecule has 2 heterocycles. The van der Waals surface area contributed by atoms with Crippen LogP contribution >= 0.6 is 0 Å². The lowest BCUT2D eigenvalue weighted by atomic mass is 10.1. The largest absolute Gasteiger partial charge is 0.353 e. The number of nitrogens with zero attached hydrogens (tertiary/aromatic N) is 3. The number of hydrogen-bond acceptors (Lipinski definition) is 4. The van der Waals surface area contributed by atoms with Gasteiger partial charge in [-0.25, -0.2) is 0 Å². The molecule has 1 saturated heterocycles. The number of piperazine rings is 1. The van der Waals surface area contributed by atoms with Crippen molar-refractivity contribution in [3.8, 4) is 11.3 Å². The van der Waals surface area contributed by atoms with Crippen molar-refractivity contribution in [1.29, 1.82) is 0 Å². The summed E-state index contributed by atoms with van der Waals surface area (Å²) in [5.41, 5.74) is 3.30. The Labute approximate surface area is 172 Å². The van der Waals surface area contributed by atoms with Crippen molar-refractivity contribution in [3.05, 3.63) is 53.7 Å². The van der Waals surface area contributed by atoms with Crippen LogP contribution in [0.1, 0.15) is 36.3 Å². The molecular weight excluding hydrogens is 364 g/mol. The van der Waals surface area contributed by atoms with Gasteiger partial charge in [0.25, 0.3) is 5.91 Å². The SMILES string of the molecule is CCC(C)NC(=O)CN1CCN(C(=O)c2ccc(-c3ccccc3)nc2C)CC1. The lowest BCUT2D eigenvalue weighted by molar-refractivity contribution is -0.123. The lowest BCUT2D eigenvalue weighted by Crippen LogP contribution is -2.51. The number of nitrogens with one attached hydrogen (secondary N) is 1. The molecule has 0 aliphatic carbocycles. The maximum absolute atomic E-state index is 13.0. The Hall–Kier alpha value is -2.73. The zero-order chi connectivity index (χ0) is 20.8. The number of pyridine rings is 1. The number of aromatic nitrogens is 1. The fourth-order valence-corrected chi connectivity index (χ4v) is 3.46. The normalized spacial score (nSPS) is 15.8. The summed E-state index contributed by atoms with van der Waals surface area (Å²) in [4.78, 5) is 33.6. The number of hydrogen-bond donors (Lipinski definition) is 1. The first kappa shape index (κ1) is 21.0. The van der Waals surface area contributed by atoms with Gasteiger partial charge in [-0.05, 0) is 32.4 Å². The van der Waals surface area contributed by atoms with Gasteiger partial charge in [0.1, 0.15) is 0 Å². The molecule has 1 fully saturated rings. The third kappa shape index (κ3) is 5.41. The number of carbonyl (C=O) groups excluding carboxylic acids is 2. The van der Waals surface area contributed by atoms with E-state index in [0.29, 0.717) is 38.3 Å². The summed E-state index contributed by atoms with van der Waals surface area (Å²) in [6.07, 6.45) is 0.921. The first-order chi connectivity index (χ1) is 14.0. The summed E-state index contributed by atoms with van der Waals surface area (Å²) in [5, 5.41) is 2.99. The fraction of sp³-hybridized carbons (Fsp3) is 0.435. The van der Waals surface area contributed by atoms with Crippen LogP contribution in [-0.2, 0) is 4.79 Å². The smallest absolute Gasteiger partial charge is 0.255 e. The highest BCUT2D eigenvalue weighted by atomic mass is 16.2. The highest BCUT2D eigenvalue weighted by Crippen LogP contribution is 2.20. The molecule has 6 heteroatoms. The first-order valence-corrected chi connectivity index (χ1v) is 10.3. The maximum atomic E-state index is 13.0. The summed E-state index contributed by atoms with van der Waals surface area (Å²) >= 11 is 0. The van der Waals surface area contributed by atoms with Gasteiger partial charge in [-0.1, -0.05) is 37.3 Å². The van der Waals surface area contributed by atoms with Crippen LogP contribution in [0.25, 0.3) is 11.3 Å². The summed E-state index contributed by atoms with van der Waals surface area (Å²) < 4.78 is 0. The van der Waals surface area contributed by atoms with Gasteiger partial charge in [-0.2, -0.15) is 0 Å². The molecule has 0 saturated carbocycles. The summed E-state index contributed by atoms with van der Waals surface area (Å²) in [6, 6.07) is 13.9. The third-order valence-electron chi connectivity index (χ3n) is 5.43. The van der Waals surface area contributed by atoms with E-state index in [0.717, 1.165) is 23.4 Å². The van der Waals surface area contributed by atoms with Crippen LogP contribution in [0.4, 0.5) is 0 Å². The molecule has 1 aliphatic rings. The average Bonchev–Trinajstić information content (AvgIpc) is 2.74. The molecular formula is C23H30N4O2. The molecule has 1 aromatic carbocycles. The topological polar surface area (TPSA) is 65.5 Å². The predicted molar refractivity (Wildman–Crippen MR) is 115 cm³/mol. The van der Waals surface area contributed by atoms with Crippen LogP contribution in [0.2, 0.25) is 0 Å². The molecule has 6 nitrogen and oxygen atoms in total. The standard InChI is InChI=1S/C23H30N4O2/c1-4-17(2)24-22(28)16-26-12-14-27(15-13-26)23(29)20-10-11-21(25-18(20)3)19-8-6-5-7-9-19/h5-11,17H,4,12-16H2,1-3H3,(H,24,28). The molecule has 0 radical (unpaired) electrons. The van der Waals surface area contributed by atoms with Crippen molar-refractivity contribution >= 4 is 11.8 Å². The van der Waals surface area contributed by atoms with Gasteiger partial charge in [0, 0.05) is 37.8 Å². The molecule has 154 valence electrons. The number of benzene rings is 1. The second-order valence-electron chi connectivity index (χ2n) is 7.64. The molecule has 0 spiro atoms. The van der Waals surface area contributed by atoms with Crippen molar-refractivity contribution in [2.75, 3.05) is 32.7 Å². The van der Waals surface area contributed by atoms with E-state index >= 15 is 0 Å². The molecule has 1 aromatic heterocycles. The lowest BCUT2D eigenvalue weighted by Gasteiger charge is -2.34. The van der Waals surface area contributed by atoms with Crippen molar-refractivity contribution in [2.45, 2.75) is 33.2 Å². The van der Waals surface area contributed by atoms with Gasteiger partial charge in [0.2, 0.25) is 5.91 Å². The molecule has 2 amide bonds. The highest BCUT2D eigenvalue weighted by molar-refractivity contribution is 5.95. The molecule has 1 atom stereocenters. The predicted octanol–water partition coefficient (Wildman–Crippen LogP) is 2.73. The van der Waals surface area contributed by atoms with E-state index in [9.17, 15) is 9.59 Å². The number of rotatable bonds is 6. The van der Waals surface area contributed by atoms with E-state index in [-0.39, 0.29) is 17.9 Å². The van der Waals surface area contributed by atoms with E-state index in [2.05, 4.69) is 22.1 Å². The van der Waals surface area contributed by atoms with E-state index in [1.807, 2.05) is 61.2 Å². The molecule has 3 rings (SSSR count). The van der Waals surface area contributed by atoms with Gasteiger partial charge in [-0.3, -0.25) is 19.5 Å². The minimum absolute atomic E-state index is 0.0123. The minimum Gasteiger partial charge on any atom is -0.353 e. The third-order valence-corrected chi connectivity index (χ3v) is 5.43. The molecule has 1 aliphatic heterocycles. The van der Waals surface area contributed by atoms with Crippen molar-refractivity contribution in [2.24, 2.45) is 0 Å². The van der Waals surface area contributed by atoms with Crippen LogP contribution < -0.4 is 5.32 Å². The number of carbonyl (C=O) groups is 2. The van der Waals surface area contributed by atoms with Crippen LogP contribution in [0.15, 0.2) is 42.5 Å². The second-order valence-corrected chi connectivity index (χ2v) is 7.64. The Kier molecular flexibility index (Phi) is 6.99. The van der Waals surface area contributed by atoms with Crippen LogP contribution in [0.3, 0.4) is 0 Å². The zero-order valence-corrected chi connectivity index (χ0v) is 17.5. The monoisotopic (exact) mass is 394 g/mol. The van der Waals surface area contributed by atoms with Crippen LogP contribution in [0.5, 0.6) is 0 Å². The van der Waals surface area contributed by atoms with Gasteiger partial charge in [0.15, 0.2) is 0 Å². The first-order valence-electron chi connectivity index (χ1n) is 10.3. The van der Waals surface area contributed by atoms with Gasteiger partial charge < -0.3 is 10.2 Å². The second kappa shape index (κ2) is 9.65. The van der Waals surface area contributed by atoms with E-state index in [4.69, 9.17) is 0 Å². The Bertz CT molecular complexity index is 845. The van der Waals surface area contributed by atoms with Crippen LogP contribution in [-0.4, -0.2) is 65.4 Å². The van der Waals surface area contributed by atoms with Gasteiger partial charge in [-0.15, -0.1) is 0 Å². The molecule has 1 N–H and O–H groups in total. The van der Waals surface area contributed by atoms with Crippen molar-refractivity contribution < 1.29 is 9.59 Å². The maximum Gasteiger partial charge on any atom is 0.255 e. The van der Waals surface area contributed by atoms with E-state index in [1.54, 1.807) is 0 Å². The summed E-state index contributed by atoms with van der Waals surface area (Å²) in [6.45, 7) is 8.98. The summed E-state index contributed by atoms with van der Waals surface area (Å²) in [7, 11) is 0. The van der Waals surface area contributed by atoms with E-state index in [1.165, 1.54) is 0 Å². The average molecular weight is 395 g/mol. The molecule has 29 heavy (non-hydrogen) atoms. The van der Waals surface area contributed by atoms with Gasteiger partial charge in [0.05, 0.1) is 23.5 Å². The minimum atomic E-state index is 0.0123. The molecule has 0 bridgehead atoms. The van der Waals surface area contributed by atoms with Crippen LogP contribution in [0, 0.1) is 6.92 Å². The Morgan fingerprint density at radius 3 is 2.38 bits per heavy atom. The number of amides is 2. The quantitative estimate of drug-likeness (QED) is 0.818. The van der Waals surface area contributed by atoms with Crippen molar-refractivity contribution in [1.82, 2.24) is 20.1 Å². The summed E-state index contributed by atoms with van der Waals surface area (Å²) in [5.74, 6) is 0.0639. The van der Waals surface area contributed by atoms with Crippen molar-refractivity contribution in [3.63, 3.8) is 0 Å². The highest BCUT2D eigenvalue weighted by Gasteiger charge is 2.24.